The van der Waals surface area contributed by atoms with Crippen molar-refractivity contribution in [1.82, 2.24) is 4.98 Å². The first-order valence-corrected chi connectivity index (χ1v) is 10.2. The zero-order valence-electron chi connectivity index (χ0n) is 18.5. The first kappa shape index (κ1) is 22.3. The summed E-state index contributed by atoms with van der Waals surface area (Å²) >= 11 is 0. The van der Waals surface area contributed by atoms with Crippen molar-refractivity contribution in [3.63, 3.8) is 0 Å². The van der Waals surface area contributed by atoms with Crippen LogP contribution in [-0.4, -0.2) is 38.8 Å². The second kappa shape index (κ2) is 9.30. The first-order chi connectivity index (χ1) is 16.0. The zero-order valence-corrected chi connectivity index (χ0v) is 18.5. The fraction of sp³-hybridized carbons (Fsp3) is 0.200. The maximum Gasteiger partial charge on any atom is 0.249 e. The van der Waals surface area contributed by atoms with E-state index >= 15 is 4.39 Å². The molecule has 4 aromatic rings. The van der Waals surface area contributed by atoms with Crippen LogP contribution in [0, 0.1) is 5.82 Å². The summed E-state index contributed by atoms with van der Waals surface area (Å²) in [6.45, 7) is 0.426. The van der Waals surface area contributed by atoms with Crippen molar-refractivity contribution < 1.29 is 28.1 Å². The van der Waals surface area contributed by atoms with Gasteiger partial charge in [-0.05, 0) is 53.8 Å². The minimum absolute atomic E-state index is 0.00379. The number of pyridine rings is 1. The number of halogens is 1. The summed E-state index contributed by atoms with van der Waals surface area (Å²) in [5.41, 5.74) is 7.13. The molecule has 170 valence electrons. The molecule has 0 aliphatic heterocycles. The number of primary amides is 1. The number of methoxy groups -OCH3 is 3. The third-order valence-electron chi connectivity index (χ3n) is 5.38. The molecule has 1 amide bonds. The van der Waals surface area contributed by atoms with Gasteiger partial charge < -0.3 is 24.7 Å². The van der Waals surface area contributed by atoms with Crippen LogP contribution in [0.2, 0.25) is 0 Å². The summed E-state index contributed by atoms with van der Waals surface area (Å²) in [5, 5.41) is 1.29. The van der Waals surface area contributed by atoms with Gasteiger partial charge in [0.1, 0.15) is 5.75 Å². The van der Waals surface area contributed by atoms with Crippen molar-refractivity contribution in [2.45, 2.75) is 6.42 Å². The van der Waals surface area contributed by atoms with E-state index in [9.17, 15) is 4.79 Å². The number of nitrogens with two attached hydrogens (primary N) is 1. The Morgan fingerprint density at radius 2 is 1.67 bits per heavy atom. The Balaban J connectivity index is 1.83. The Kier molecular flexibility index (Phi) is 6.28. The molecule has 0 aliphatic carbocycles. The Morgan fingerprint density at radius 1 is 0.909 bits per heavy atom. The highest BCUT2D eigenvalue weighted by molar-refractivity contribution is 6.07. The predicted molar refractivity (Wildman–Crippen MR) is 123 cm³/mol. The lowest BCUT2D eigenvalue weighted by Crippen LogP contribution is -2.12. The summed E-state index contributed by atoms with van der Waals surface area (Å²) in [6.07, 6.45) is 2.07. The maximum atomic E-state index is 15.6. The largest absolute Gasteiger partial charge is 0.493 e. The number of aromatic nitrogens is 1. The number of benzene rings is 3. The summed E-state index contributed by atoms with van der Waals surface area (Å²) in [6, 6.07) is 11.5. The minimum Gasteiger partial charge on any atom is -0.493 e. The van der Waals surface area contributed by atoms with Crippen molar-refractivity contribution >= 4 is 27.6 Å². The summed E-state index contributed by atoms with van der Waals surface area (Å²) in [4.78, 5) is 16.3. The van der Waals surface area contributed by atoms with Crippen LogP contribution in [0.3, 0.4) is 0 Å². The molecule has 0 aliphatic rings. The average molecular weight is 450 g/mol. The molecule has 0 unspecified atom stereocenters. The Hall–Kier alpha value is -3.91. The normalized spacial score (nSPS) is 11.0. The van der Waals surface area contributed by atoms with E-state index in [2.05, 4.69) is 4.98 Å². The van der Waals surface area contributed by atoms with E-state index in [1.807, 2.05) is 0 Å². The van der Waals surface area contributed by atoms with E-state index in [0.29, 0.717) is 46.6 Å². The molecule has 0 radical (unpaired) electrons. The average Bonchev–Trinajstić information content (AvgIpc) is 2.83. The molecule has 0 atom stereocenters. The van der Waals surface area contributed by atoms with Crippen LogP contribution in [-0.2, 0) is 11.2 Å². The van der Waals surface area contributed by atoms with Crippen LogP contribution in [0.25, 0.3) is 21.7 Å². The van der Waals surface area contributed by atoms with Crippen molar-refractivity contribution in [1.29, 1.82) is 0 Å². The number of amides is 1. The number of carbonyl (C=O) groups is 1. The van der Waals surface area contributed by atoms with Crippen LogP contribution in [0.1, 0.15) is 15.9 Å². The molecule has 2 N–H and O–H groups in total. The standard InChI is InChI=1S/C25H23FN2O5/c1-30-9-7-14-10-16-15(17(11-14)25(27)29)4-5-21(24(16)26)33-20-6-8-28-19-13-23(32-3)22(31-2)12-18(19)20/h4-6,8,10-13H,7,9H2,1-3H3,(H2,27,29). The SMILES string of the molecule is COCCc1cc(C(N)=O)c2ccc(Oc3ccnc4cc(OC)c(OC)cc34)c(F)c2c1. The Morgan fingerprint density at radius 3 is 2.36 bits per heavy atom. The monoisotopic (exact) mass is 450 g/mol. The number of rotatable bonds is 8. The lowest BCUT2D eigenvalue weighted by Gasteiger charge is -2.14. The van der Waals surface area contributed by atoms with Crippen LogP contribution in [0.15, 0.2) is 48.7 Å². The van der Waals surface area contributed by atoms with E-state index in [-0.39, 0.29) is 16.7 Å². The molecular formula is C25H23FN2O5. The fourth-order valence-electron chi connectivity index (χ4n) is 3.74. The molecule has 7 nitrogen and oxygen atoms in total. The molecule has 0 bridgehead atoms. The van der Waals surface area contributed by atoms with Gasteiger partial charge in [-0.1, -0.05) is 0 Å². The topological polar surface area (TPSA) is 92.9 Å². The molecular weight excluding hydrogens is 427 g/mol. The molecule has 0 fully saturated rings. The number of carbonyl (C=O) groups excluding carboxylic acids is 1. The van der Waals surface area contributed by atoms with E-state index in [1.54, 1.807) is 49.7 Å². The van der Waals surface area contributed by atoms with Gasteiger partial charge >= 0.3 is 0 Å². The summed E-state index contributed by atoms with van der Waals surface area (Å²) in [7, 11) is 4.64. The van der Waals surface area contributed by atoms with Crippen molar-refractivity contribution in [2.24, 2.45) is 5.73 Å². The molecule has 1 heterocycles. The van der Waals surface area contributed by atoms with Gasteiger partial charge in [-0.2, -0.15) is 0 Å². The molecule has 4 rings (SSSR count). The number of nitrogens with zero attached hydrogens (tertiary/aromatic N) is 1. The third kappa shape index (κ3) is 4.25. The van der Waals surface area contributed by atoms with Crippen LogP contribution in [0.5, 0.6) is 23.0 Å². The maximum absolute atomic E-state index is 15.6. The molecule has 3 aromatic carbocycles. The van der Waals surface area contributed by atoms with Gasteiger partial charge in [0.15, 0.2) is 23.1 Å². The van der Waals surface area contributed by atoms with E-state index in [1.165, 1.54) is 20.3 Å². The van der Waals surface area contributed by atoms with Crippen molar-refractivity contribution in [3.05, 3.63) is 65.6 Å². The van der Waals surface area contributed by atoms with E-state index in [0.717, 1.165) is 5.56 Å². The minimum atomic E-state index is -0.631. The van der Waals surface area contributed by atoms with Gasteiger partial charge in [0, 0.05) is 35.7 Å². The number of ether oxygens (including phenoxy) is 4. The number of fused-ring (bicyclic) bond motifs is 2. The van der Waals surface area contributed by atoms with Gasteiger partial charge in [0.25, 0.3) is 0 Å². The van der Waals surface area contributed by atoms with E-state index < -0.39 is 11.7 Å². The molecule has 0 spiro atoms. The zero-order chi connectivity index (χ0) is 23.5. The quantitative estimate of drug-likeness (QED) is 0.421. The van der Waals surface area contributed by atoms with Gasteiger partial charge in [-0.15, -0.1) is 0 Å². The smallest absolute Gasteiger partial charge is 0.249 e. The Bertz CT molecular complexity index is 1360. The highest BCUT2D eigenvalue weighted by Gasteiger charge is 2.17. The summed E-state index contributed by atoms with van der Waals surface area (Å²) in [5.74, 6) is 0.187. The van der Waals surface area contributed by atoms with Gasteiger partial charge in [0.2, 0.25) is 5.91 Å². The number of hydrogen-bond acceptors (Lipinski definition) is 6. The van der Waals surface area contributed by atoms with E-state index in [4.69, 9.17) is 24.7 Å². The van der Waals surface area contributed by atoms with Crippen LogP contribution >= 0.6 is 0 Å². The van der Waals surface area contributed by atoms with Crippen molar-refractivity contribution in [2.75, 3.05) is 27.9 Å². The molecule has 33 heavy (non-hydrogen) atoms. The van der Waals surface area contributed by atoms with Crippen molar-refractivity contribution in [3.8, 4) is 23.0 Å². The highest BCUT2D eigenvalue weighted by Crippen LogP contribution is 2.38. The Labute approximate surface area is 189 Å². The van der Waals surface area contributed by atoms with Crippen LogP contribution in [0.4, 0.5) is 4.39 Å². The predicted octanol–water partition coefficient (Wildman–Crippen LogP) is 4.62. The second-order valence-corrected chi connectivity index (χ2v) is 7.36. The fourth-order valence-corrected chi connectivity index (χ4v) is 3.74. The lowest BCUT2D eigenvalue weighted by molar-refractivity contribution is 0.100. The lowest BCUT2D eigenvalue weighted by atomic mass is 9.98. The summed E-state index contributed by atoms with van der Waals surface area (Å²) < 4.78 is 37.4. The first-order valence-electron chi connectivity index (χ1n) is 10.2. The van der Waals surface area contributed by atoms with Gasteiger partial charge in [0.05, 0.1) is 26.3 Å². The molecule has 1 aromatic heterocycles. The molecule has 0 saturated heterocycles. The highest BCUT2D eigenvalue weighted by atomic mass is 19.1. The third-order valence-corrected chi connectivity index (χ3v) is 5.38. The van der Waals surface area contributed by atoms with Gasteiger partial charge in [-0.25, -0.2) is 4.39 Å². The van der Waals surface area contributed by atoms with Crippen LogP contribution < -0.4 is 19.9 Å². The molecule has 8 heteroatoms. The molecule has 0 saturated carbocycles. The second-order valence-electron chi connectivity index (χ2n) is 7.36. The van der Waals surface area contributed by atoms with Gasteiger partial charge in [-0.3, -0.25) is 9.78 Å². The number of hydrogen-bond donors (Lipinski definition) is 1.